The number of piperidine rings is 1. The molecular formula is C33H45NO11. The molecule has 12 heteroatoms. The van der Waals surface area contributed by atoms with Gasteiger partial charge in [-0.1, -0.05) is 18.2 Å². The number of carbonyl (C=O) groups is 2. The van der Waals surface area contributed by atoms with Crippen LogP contribution in [0.15, 0.2) is 30.3 Å². The molecule has 1 spiro atoms. The first kappa shape index (κ1) is 31.4. The fourth-order valence-corrected chi connectivity index (χ4v) is 12.2. The standard InChI is InChI=1S/C33H45NO11/c1-16(35)45-33-21-18(13-31(39,28(43-6)26(33)37)27(21)44-29(38)17-10-8-7-9-11-17)32-20(41-4)12-19(36)30(15-40-3)14-34(2)25(32)22(33)23(42-5)24(30)32/h7-11,18-28,36-37,39H,12-15H2,1-6H3/t18-,19-,20+,21-,22+,23+,24-,25?,26+,27-,28-,30+,31-,32+,33-/m0/s1. The molecule has 1 aromatic rings. The zero-order chi connectivity index (χ0) is 32.3. The van der Waals surface area contributed by atoms with E-state index in [1.54, 1.807) is 51.7 Å². The van der Waals surface area contributed by atoms with E-state index in [9.17, 15) is 24.9 Å². The van der Waals surface area contributed by atoms with Gasteiger partial charge in [0.05, 0.1) is 30.5 Å². The number of aliphatic hydroxyl groups is 3. The SMILES string of the molecule is COC[C@@]12CN(C)C3[C@H]4[C@@H](OC)[C@@H]1[C@]3([C@H](OC)C[C@@H]2O)[C@H]1C[C@]2(O)[C@@H](OC(=O)c3ccccc3)[C@H]1[C@@]4(OC(C)=O)[C@H](O)[C@@H]2OC. The molecule has 5 saturated carbocycles. The minimum atomic E-state index is -1.83. The van der Waals surface area contributed by atoms with E-state index in [-0.39, 0.29) is 25.0 Å². The third-order valence-electron chi connectivity index (χ3n) is 12.9. The maximum absolute atomic E-state index is 13.7. The third kappa shape index (κ3) is 3.55. The molecule has 0 radical (unpaired) electrons. The van der Waals surface area contributed by atoms with Crippen LogP contribution in [-0.2, 0) is 33.2 Å². The van der Waals surface area contributed by atoms with E-state index in [4.69, 9.17) is 28.4 Å². The van der Waals surface area contributed by atoms with E-state index in [0.717, 1.165) is 0 Å². The minimum absolute atomic E-state index is 0.0754. The van der Waals surface area contributed by atoms with Crippen molar-refractivity contribution < 1.29 is 53.3 Å². The van der Waals surface area contributed by atoms with Crippen molar-refractivity contribution in [2.24, 2.45) is 34.5 Å². The lowest BCUT2D eigenvalue weighted by molar-refractivity contribution is -0.321. The fraction of sp³-hybridized carbons (Fsp3) is 0.758. The summed E-state index contributed by atoms with van der Waals surface area (Å²) < 4.78 is 37.2. The summed E-state index contributed by atoms with van der Waals surface area (Å²) in [5, 5.41) is 37.0. The Morgan fingerprint density at radius 1 is 1.00 bits per heavy atom. The first-order valence-corrected chi connectivity index (χ1v) is 15.8. The Labute approximate surface area is 262 Å². The van der Waals surface area contributed by atoms with Crippen molar-refractivity contribution in [1.29, 1.82) is 0 Å². The highest BCUT2D eigenvalue weighted by atomic mass is 16.6. The normalized spacial score (nSPS) is 50.7. The van der Waals surface area contributed by atoms with Crippen LogP contribution in [0.3, 0.4) is 0 Å². The Kier molecular flexibility index (Phi) is 7.28. The number of hydrogen-bond donors (Lipinski definition) is 3. The molecule has 1 heterocycles. The van der Waals surface area contributed by atoms with Crippen molar-refractivity contribution in [2.75, 3.05) is 48.6 Å². The van der Waals surface area contributed by atoms with Crippen molar-refractivity contribution in [3.05, 3.63) is 35.9 Å². The van der Waals surface area contributed by atoms with Crippen molar-refractivity contribution in [3.8, 4) is 0 Å². The monoisotopic (exact) mass is 631 g/mol. The molecule has 1 aliphatic heterocycles. The fourth-order valence-electron chi connectivity index (χ4n) is 12.2. The van der Waals surface area contributed by atoms with Crippen LogP contribution in [0, 0.1) is 34.5 Å². The maximum atomic E-state index is 13.7. The summed E-state index contributed by atoms with van der Waals surface area (Å²) >= 11 is 0. The van der Waals surface area contributed by atoms with Crippen molar-refractivity contribution >= 4 is 11.9 Å². The number of aliphatic hydroxyl groups excluding tert-OH is 2. The minimum Gasteiger partial charge on any atom is -0.455 e. The molecule has 7 bridgehead atoms. The van der Waals surface area contributed by atoms with Crippen LogP contribution in [0.25, 0.3) is 0 Å². The molecule has 1 saturated heterocycles. The van der Waals surface area contributed by atoms with Crippen molar-refractivity contribution in [3.63, 3.8) is 0 Å². The number of nitrogens with zero attached hydrogens (tertiary/aromatic N) is 1. The Bertz CT molecular complexity index is 1350. The van der Waals surface area contributed by atoms with E-state index in [0.29, 0.717) is 18.5 Å². The number of hydrogen-bond acceptors (Lipinski definition) is 12. The number of rotatable bonds is 8. The Balaban J connectivity index is 1.52. The lowest BCUT2D eigenvalue weighted by Gasteiger charge is -2.70. The quantitative estimate of drug-likeness (QED) is 0.337. The predicted octanol–water partition coefficient (Wildman–Crippen LogP) is 0.258. The Morgan fingerprint density at radius 3 is 2.31 bits per heavy atom. The number of ether oxygens (including phenoxy) is 6. The summed E-state index contributed by atoms with van der Waals surface area (Å²) in [5.41, 5.74) is -4.79. The van der Waals surface area contributed by atoms with E-state index in [2.05, 4.69) is 4.90 Å². The summed E-state index contributed by atoms with van der Waals surface area (Å²) in [6.45, 7) is 2.00. The zero-order valence-electron chi connectivity index (χ0n) is 26.6. The summed E-state index contributed by atoms with van der Waals surface area (Å²) in [6.07, 6.45) is -5.50. The van der Waals surface area contributed by atoms with E-state index < -0.39 is 88.3 Å². The van der Waals surface area contributed by atoms with Crippen LogP contribution in [0.4, 0.5) is 0 Å². The number of carbonyl (C=O) groups excluding carboxylic acids is 2. The van der Waals surface area contributed by atoms with Gasteiger partial charge in [0.25, 0.3) is 0 Å². The second-order valence-electron chi connectivity index (χ2n) is 14.3. The lowest BCUT2D eigenvalue weighted by atomic mass is 9.42. The van der Waals surface area contributed by atoms with Crippen LogP contribution < -0.4 is 0 Å². The highest BCUT2D eigenvalue weighted by Gasteiger charge is 2.92. The smallest absolute Gasteiger partial charge is 0.338 e. The summed E-state index contributed by atoms with van der Waals surface area (Å²) in [6, 6.07) is 8.15. The Morgan fingerprint density at radius 2 is 1.71 bits per heavy atom. The van der Waals surface area contributed by atoms with E-state index >= 15 is 0 Å². The molecule has 5 aliphatic carbocycles. The van der Waals surface area contributed by atoms with Gasteiger partial charge in [0, 0.05) is 83.0 Å². The highest BCUT2D eigenvalue weighted by molar-refractivity contribution is 5.89. The molecule has 15 atom stereocenters. The lowest BCUT2D eigenvalue weighted by Crippen LogP contribution is -2.81. The average molecular weight is 632 g/mol. The van der Waals surface area contributed by atoms with Crippen LogP contribution in [0.2, 0.25) is 0 Å². The summed E-state index contributed by atoms with van der Waals surface area (Å²) in [4.78, 5) is 29.1. The first-order valence-electron chi connectivity index (χ1n) is 15.8. The van der Waals surface area contributed by atoms with Gasteiger partial charge in [-0.25, -0.2) is 4.79 Å². The van der Waals surface area contributed by atoms with Gasteiger partial charge in [-0.3, -0.25) is 4.79 Å². The third-order valence-corrected chi connectivity index (χ3v) is 12.9. The molecule has 0 aromatic heterocycles. The van der Waals surface area contributed by atoms with Gasteiger partial charge in [-0.05, 0) is 31.5 Å². The van der Waals surface area contributed by atoms with Crippen LogP contribution in [0.5, 0.6) is 0 Å². The molecule has 12 nitrogen and oxygen atoms in total. The second kappa shape index (κ2) is 10.4. The van der Waals surface area contributed by atoms with Crippen LogP contribution in [0.1, 0.15) is 30.1 Å². The van der Waals surface area contributed by atoms with Crippen molar-refractivity contribution in [2.45, 2.75) is 73.6 Å². The predicted molar refractivity (Wildman–Crippen MR) is 156 cm³/mol. The number of esters is 2. The molecule has 7 rings (SSSR count). The van der Waals surface area contributed by atoms with Crippen molar-refractivity contribution in [1.82, 2.24) is 4.90 Å². The molecule has 0 amide bonds. The van der Waals surface area contributed by atoms with Gasteiger partial charge < -0.3 is 48.6 Å². The molecule has 45 heavy (non-hydrogen) atoms. The van der Waals surface area contributed by atoms with Crippen LogP contribution in [-0.4, -0.2) is 135 Å². The van der Waals surface area contributed by atoms with E-state index in [1.807, 2.05) is 7.05 Å². The van der Waals surface area contributed by atoms with Gasteiger partial charge in [-0.15, -0.1) is 0 Å². The molecule has 248 valence electrons. The first-order chi connectivity index (χ1) is 21.4. The molecule has 6 aliphatic rings. The molecule has 1 unspecified atom stereocenters. The average Bonchev–Trinajstić information content (AvgIpc) is 3.40. The number of methoxy groups -OCH3 is 4. The topological polar surface area (TPSA) is 153 Å². The van der Waals surface area contributed by atoms with Gasteiger partial charge in [0.2, 0.25) is 0 Å². The number of likely N-dealkylation sites (tertiary alicyclic amines) is 1. The number of fused-ring (bicyclic) bond motifs is 2. The van der Waals surface area contributed by atoms with Gasteiger partial charge in [-0.2, -0.15) is 0 Å². The highest BCUT2D eigenvalue weighted by Crippen LogP contribution is 2.80. The Hall–Kier alpha value is -2.16. The molecular weight excluding hydrogens is 586 g/mol. The number of benzene rings is 1. The second-order valence-corrected chi connectivity index (χ2v) is 14.3. The molecule has 1 aromatic carbocycles. The zero-order valence-corrected chi connectivity index (χ0v) is 26.6. The van der Waals surface area contributed by atoms with E-state index in [1.165, 1.54) is 14.0 Å². The van der Waals surface area contributed by atoms with Gasteiger partial charge in [0.1, 0.15) is 23.9 Å². The van der Waals surface area contributed by atoms with Gasteiger partial charge in [0.15, 0.2) is 5.60 Å². The summed E-state index contributed by atoms with van der Waals surface area (Å²) in [7, 11) is 8.20. The summed E-state index contributed by atoms with van der Waals surface area (Å²) in [5.74, 6) is -3.66. The molecule has 3 N–H and O–H groups in total. The van der Waals surface area contributed by atoms with Crippen LogP contribution >= 0.6 is 0 Å². The van der Waals surface area contributed by atoms with Gasteiger partial charge >= 0.3 is 11.9 Å². The largest absolute Gasteiger partial charge is 0.455 e. The maximum Gasteiger partial charge on any atom is 0.338 e. The molecule has 6 fully saturated rings.